The second kappa shape index (κ2) is 2.62. The van der Waals surface area contributed by atoms with Crippen molar-refractivity contribution in [2.45, 2.75) is 6.92 Å². The van der Waals surface area contributed by atoms with E-state index in [-0.39, 0.29) is 0 Å². The number of ether oxygens (including phenoxy) is 1. The predicted molar refractivity (Wildman–Crippen MR) is 44.3 cm³/mol. The molecule has 0 saturated carbocycles. The van der Waals surface area contributed by atoms with Crippen LogP contribution in [0.2, 0.25) is 0 Å². The van der Waals surface area contributed by atoms with E-state index in [2.05, 4.69) is 9.79 Å². The van der Waals surface area contributed by atoms with Crippen molar-refractivity contribution in [1.82, 2.24) is 5.16 Å². The molecule has 0 unspecified atom stereocenters. The molecule has 1 aromatic heterocycles. The molecule has 0 bridgehead atoms. The van der Waals surface area contributed by atoms with E-state index in [1.54, 1.807) is 6.07 Å². The second-order valence-electron chi connectivity index (χ2n) is 2.71. The molecule has 5 nitrogen and oxygen atoms in total. The third-order valence-electron chi connectivity index (χ3n) is 1.91. The molecule has 2 aromatic rings. The van der Waals surface area contributed by atoms with E-state index in [1.807, 2.05) is 13.0 Å². The number of rotatable bonds is 1. The van der Waals surface area contributed by atoms with Crippen molar-refractivity contribution in [3.8, 4) is 5.75 Å². The fourth-order valence-corrected chi connectivity index (χ4v) is 1.29. The molecule has 0 saturated heterocycles. The Balaban J connectivity index is 2.88. The van der Waals surface area contributed by atoms with E-state index in [1.165, 1.54) is 7.11 Å². The second-order valence-corrected chi connectivity index (χ2v) is 2.71. The van der Waals surface area contributed by atoms with Crippen LogP contribution in [0, 0.1) is 12.1 Å². The first kappa shape index (κ1) is 7.85. The molecule has 1 aromatic carbocycles. The van der Waals surface area contributed by atoms with E-state index < -0.39 is 0 Å². The molecule has 0 spiro atoms. The molecule has 1 heterocycles. The van der Waals surface area contributed by atoms with Crippen LogP contribution in [-0.4, -0.2) is 12.3 Å². The average molecular weight is 180 g/mol. The largest absolute Gasteiger partial charge is 0.492 e. The van der Waals surface area contributed by atoms with Crippen molar-refractivity contribution in [3.05, 3.63) is 22.9 Å². The molecule has 0 fully saturated rings. The van der Waals surface area contributed by atoms with Gasteiger partial charge in [-0.1, -0.05) is 6.07 Å². The number of hydrogen-bond donors (Lipinski definition) is 0. The highest BCUT2D eigenvalue weighted by Gasteiger charge is 2.16. The molecule has 0 radical (unpaired) electrons. The third kappa shape index (κ3) is 1.00. The highest BCUT2D eigenvalue weighted by Crippen LogP contribution is 2.24. The predicted octanol–water partition coefficient (Wildman–Crippen LogP) is 0.778. The van der Waals surface area contributed by atoms with E-state index in [0.29, 0.717) is 21.7 Å². The SMILES string of the molecule is COc1c(C)ccc2no[n+]([O-])c12. The number of benzene rings is 1. The number of aromatic nitrogens is 2. The zero-order valence-electron chi connectivity index (χ0n) is 7.27. The van der Waals surface area contributed by atoms with Crippen molar-refractivity contribution in [3.63, 3.8) is 0 Å². The molecule has 0 aliphatic heterocycles. The molecule has 0 atom stereocenters. The van der Waals surface area contributed by atoms with Gasteiger partial charge in [0.25, 0.3) is 11.0 Å². The first-order chi connectivity index (χ1) is 6.24. The summed E-state index contributed by atoms with van der Waals surface area (Å²) >= 11 is 0. The van der Waals surface area contributed by atoms with Crippen molar-refractivity contribution in [2.24, 2.45) is 0 Å². The van der Waals surface area contributed by atoms with Gasteiger partial charge in [0.1, 0.15) is 0 Å². The maximum Gasteiger partial charge on any atom is 0.267 e. The Morgan fingerprint density at radius 2 is 2.31 bits per heavy atom. The van der Waals surface area contributed by atoms with Crippen LogP contribution in [0.4, 0.5) is 0 Å². The summed E-state index contributed by atoms with van der Waals surface area (Å²) in [7, 11) is 1.51. The van der Waals surface area contributed by atoms with Gasteiger partial charge in [-0.15, -0.1) is 0 Å². The van der Waals surface area contributed by atoms with Crippen LogP contribution < -0.4 is 9.64 Å². The zero-order valence-corrected chi connectivity index (χ0v) is 7.27. The molecule has 5 heteroatoms. The van der Waals surface area contributed by atoms with Crippen molar-refractivity contribution in [2.75, 3.05) is 7.11 Å². The van der Waals surface area contributed by atoms with Crippen molar-refractivity contribution in [1.29, 1.82) is 0 Å². The molecular weight excluding hydrogens is 172 g/mol. The van der Waals surface area contributed by atoms with Gasteiger partial charge >= 0.3 is 0 Å². The highest BCUT2D eigenvalue weighted by molar-refractivity contribution is 5.78. The molecule has 68 valence electrons. The standard InChI is InChI=1S/C8H8N2O3/c1-5-3-4-6-7(8(5)12-2)10(11)13-9-6/h3-4H,1-2H3. The van der Waals surface area contributed by atoms with Gasteiger partial charge in [0.2, 0.25) is 0 Å². The Hall–Kier alpha value is -1.78. The molecule has 0 aliphatic carbocycles. The number of aryl methyl sites for hydroxylation is 1. The maximum absolute atomic E-state index is 11.1. The Labute approximate surface area is 74.1 Å². The first-order valence-corrected chi connectivity index (χ1v) is 3.77. The Bertz CT molecular complexity index is 450. The summed E-state index contributed by atoms with van der Waals surface area (Å²) in [5.41, 5.74) is 1.71. The summed E-state index contributed by atoms with van der Waals surface area (Å²) in [6.07, 6.45) is 0. The highest BCUT2D eigenvalue weighted by atomic mass is 16.8. The van der Waals surface area contributed by atoms with Gasteiger partial charge in [-0.3, -0.25) is 4.63 Å². The molecule has 0 amide bonds. The van der Waals surface area contributed by atoms with Gasteiger partial charge in [-0.2, -0.15) is 0 Å². The minimum absolute atomic E-state index is 0.336. The zero-order chi connectivity index (χ0) is 9.42. The number of hydrogen-bond acceptors (Lipinski definition) is 4. The smallest absolute Gasteiger partial charge is 0.267 e. The lowest BCUT2D eigenvalue weighted by atomic mass is 10.2. The molecule has 2 rings (SSSR count). The number of methoxy groups -OCH3 is 1. The Kier molecular flexibility index (Phi) is 1.58. The van der Waals surface area contributed by atoms with E-state index in [9.17, 15) is 5.21 Å². The summed E-state index contributed by atoms with van der Waals surface area (Å²) in [6.45, 7) is 1.85. The van der Waals surface area contributed by atoms with E-state index >= 15 is 0 Å². The summed E-state index contributed by atoms with van der Waals surface area (Å²) in [5.74, 6) is 0.508. The molecule has 0 aliphatic rings. The van der Waals surface area contributed by atoms with Gasteiger partial charge in [0.05, 0.1) is 7.11 Å². The Morgan fingerprint density at radius 1 is 1.54 bits per heavy atom. The summed E-state index contributed by atoms with van der Waals surface area (Å²) in [6, 6.07) is 3.54. The van der Waals surface area contributed by atoms with Crippen LogP contribution >= 0.6 is 0 Å². The van der Waals surface area contributed by atoms with Crippen LogP contribution in [0.15, 0.2) is 16.8 Å². The summed E-state index contributed by atoms with van der Waals surface area (Å²) < 4.78 is 9.52. The fraction of sp³-hybridized carbons (Fsp3) is 0.250. The van der Waals surface area contributed by atoms with E-state index in [0.717, 1.165) is 5.56 Å². The van der Waals surface area contributed by atoms with Gasteiger partial charge in [-0.05, 0) is 23.5 Å². The minimum atomic E-state index is 0.336. The summed E-state index contributed by atoms with van der Waals surface area (Å²) in [5, 5.41) is 14.7. The van der Waals surface area contributed by atoms with Crippen LogP contribution in [-0.2, 0) is 0 Å². The van der Waals surface area contributed by atoms with Gasteiger partial charge in [0.15, 0.2) is 5.75 Å². The Morgan fingerprint density at radius 3 is 3.00 bits per heavy atom. The van der Waals surface area contributed by atoms with Crippen molar-refractivity contribution >= 4 is 11.0 Å². The van der Waals surface area contributed by atoms with Gasteiger partial charge < -0.3 is 9.94 Å². The minimum Gasteiger partial charge on any atom is -0.492 e. The van der Waals surface area contributed by atoms with E-state index in [4.69, 9.17) is 4.74 Å². The summed E-state index contributed by atoms with van der Waals surface area (Å²) in [4.78, 5) is 0.348. The lowest BCUT2D eigenvalue weighted by Crippen LogP contribution is -2.23. The van der Waals surface area contributed by atoms with Gasteiger partial charge in [0, 0.05) is 5.16 Å². The number of nitrogens with zero attached hydrogens (tertiary/aromatic N) is 2. The molecule has 0 N–H and O–H groups in total. The van der Waals surface area contributed by atoms with Crippen LogP contribution in [0.1, 0.15) is 5.56 Å². The quantitative estimate of drug-likeness (QED) is 0.608. The third-order valence-corrected chi connectivity index (χ3v) is 1.91. The maximum atomic E-state index is 11.1. The fourth-order valence-electron chi connectivity index (χ4n) is 1.29. The number of fused-ring (bicyclic) bond motifs is 1. The lowest BCUT2D eigenvalue weighted by Gasteiger charge is -2.01. The normalized spacial score (nSPS) is 10.6. The van der Waals surface area contributed by atoms with Gasteiger partial charge in [-0.25, -0.2) is 0 Å². The van der Waals surface area contributed by atoms with Crippen LogP contribution in [0.5, 0.6) is 5.75 Å². The average Bonchev–Trinajstić information content (AvgIpc) is 2.49. The van der Waals surface area contributed by atoms with Crippen LogP contribution in [0.3, 0.4) is 0 Å². The van der Waals surface area contributed by atoms with Crippen LogP contribution in [0.25, 0.3) is 11.0 Å². The lowest BCUT2D eigenvalue weighted by molar-refractivity contribution is -0.782. The topological polar surface area (TPSA) is 62.2 Å². The first-order valence-electron chi connectivity index (χ1n) is 3.77. The molecular formula is C8H8N2O3. The monoisotopic (exact) mass is 180 g/mol. The van der Waals surface area contributed by atoms with Crippen molar-refractivity contribution < 1.29 is 14.3 Å². The molecule has 13 heavy (non-hydrogen) atoms.